The molecule has 24 heavy (non-hydrogen) atoms. The maximum absolute atomic E-state index is 4.70. The van der Waals surface area contributed by atoms with Crippen LogP contribution in [0.3, 0.4) is 0 Å². The van der Waals surface area contributed by atoms with Gasteiger partial charge in [0.15, 0.2) is 5.96 Å². The summed E-state index contributed by atoms with van der Waals surface area (Å²) in [5, 5.41) is 4.59. The highest BCUT2D eigenvalue weighted by molar-refractivity contribution is 5.83. The fraction of sp³-hybridized carbons (Fsp3) is 0.200. The van der Waals surface area contributed by atoms with Crippen LogP contribution in [0.15, 0.2) is 71.9 Å². The Morgan fingerprint density at radius 3 is 2.58 bits per heavy atom. The number of nitrogens with zero attached hydrogens (tertiary/aromatic N) is 3. The lowest BCUT2D eigenvalue weighted by atomic mass is 10.1. The number of hydrogen-bond donors (Lipinski definition) is 1. The maximum atomic E-state index is 4.70. The molecule has 1 heterocycles. The lowest BCUT2D eigenvalue weighted by Gasteiger charge is -2.18. The Morgan fingerprint density at radius 1 is 1.00 bits per heavy atom. The average Bonchev–Trinajstić information content (AvgIpc) is 2.62. The molecule has 0 amide bonds. The van der Waals surface area contributed by atoms with Crippen LogP contribution in [0.1, 0.15) is 11.1 Å². The summed E-state index contributed by atoms with van der Waals surface area (Å²) in [6, 6.07) is 20.6. The van der Waals surface area contributed by atoms with E-state index in [0.717, 1.165) is 16.9 Å². The van der Waals surface area contributed by atoms with Crippen LogP contribution in [0.4, 0.5) is 0 Å². The molecule has 3 aromatic rings. The molecular formula is C20H22N4. The molecule has 1 N–H and O–H groups in total. The largest absolute Gasteiger partial charge is 0.352 e. The van der Waals surface area contributed by atoms with Crippen LogP contribution in [0, 0.1) is 0 Å². The first-order chi connectivity index (χ1) is 11.7. The number of aromatic nitrogens is 1. The molecule has 4 nitrogen and oxygen atoms in total. The van der Waals surface area contributed by atoms with Gasteiger partial charge in [0.1, 0.15) is 0 Å². The van der Waals surface area contributed by atoms with E-state index >= 15 is 0 Å². The molecule has 0 spiro atoms. The first-order valence-electron chi connectivity index (χ1n) is 8.06. The van der Waals surface area contributed by atoms with Gasteiger partial charge in [-0.05, 0) is 17.2 Å². The van der Waals surface area contributed by atoms with Gasteiger partial charge in [-0.1, -0.05) is 54.6 Å². The smallest absolute Gasteiger partial charge is 0.194 e. The Hall–Kier alpha value is -2.88. The lowest BCUT2D eigenvalue weighted by Crippen LogP contribution is -2.36. The van der Waals surface area contributed by atoms with Crippen molar-refractivity contribution in [2.24, 2.45) is 4.99 Å². The maximum Gasteiger partial charge on any atom is 0.194 e. The summed E-state index contributed by atoms with van der Waals surface area (Å²) in [6.07, 6.45) is 1.84. The van der Waals surface area contributed by atoms with E-state index in [9.17, 15) is 0 Å². The van der Waals surface area contributed by atoms with Crippen molar-refractivity contribution in [2.75, 3.05) is 14.1 Å². The van der Waals surface area contributed by atoms with E-state index in [2.05, 4.69) is 46.7 Å². The number of rotatable bonds is 4. The fourth-order valence-corrected chi connectivity index (χ4v) is 2.59. The summed E-state index contributed by atoms with van der Waals surface area (Å²) >= 11 is 0. The third-order valence-corrected chi connectivity index (χ3v) is 3.83. The van der Waals surface area contributed by atoms with Gasteiger partial charge in [0.05, 0.1) is 12.1 Å². The predicted octanol–water partition coefficient (Wildman–Crippen LogP) is 3.44. The zero-order valence-electron chi connectivity index (χ0n) is 14.1. The third kappa shape index (κ3) is 3.90. The van der Waals surface area contributed by atoms with Crippen LogP contribution in [-0.4, -0.2) is 29.9 Å². The van der Waals surface area contributed by atoms with Crippen LogP contribution < -0.4 is 5.32 Å². The zero-order valence-corrected chi connectivity index (χ0v) is 14.1. The molecule has 0 bridgehead atoms. The topological polar surface area (TPSA) is 40.5 Å². The molecule has 4 heteroatoms. The molecule has 3 rings (SSSR count). The molecular weight excluding hydrogens is 296 g/mol. The third-order valence-electron chi connectivity index (χ3n) is 3.83. The van der Waals surface area contributed by atoms with E-state index in [0.29, 0.717) is 13.1 Å². The van der Waals surface area contributed by atoms with Gasteiger partial charge >= 0.3 is 0 Å². The SMILES string of the molecule is CN(C)C(=NCc1ccccc1)NCc1cccc2cccnc12. The summed E-state index contributed by atoms with van der Waals surface area (Å²) in [7, 11) is 4.00. The number of benzene rings is 2. The van der Waals surface area contributed by atoms with Gasteiger partial charge in [-0.25, -0.2) is 4.99 Å². The second-order valence-electron chi connectivity index (χ2n) is 5.87. The first-order valence-corrected chi connectivity index (χ1v) is 8.06. The number of aliphatic imine (C=N–C) groups is 1. The Kier molecular flexibility index (Phi) is 5.06. The molecule has 122 valence electrons. The van der Waals surface area contributed by atoms with Crippen molar-refractivity contribution in [1.29, 1.82) is 0 Å². The summed E-state index contributed by atoms with van der Waals surface area (Å²) in [5.74, 6) is 0.867. The minimum Gasteiger partial charge on any atom is -0.352 e. The standard InChI is InChI=1S/C20H22N4/c1-24(2)20(22-14-16-8-4-3-5-9-16)23-15-18-11-6-10-17-12-7-13-21-19(17)18/h3-13H,14-15H2,1-2H3,(H,22,23). The van der Waals surface area contributed by atoms with Crippen LogP contribution in [0.2, 0.25) is 0 Å². The minimum absolute atomic E-state index is 0.662. The molecule has 2 aromatic carbocycles. The molecule has 0 fully saturated rings. The van der Waals surface area contributed by atoms with Gasteiger partial charge in [0, 0.05) is 32.2 Å². The molecule has 1 aromatic heterocycles. The summed E-state index contributed by atoms with van der Waals surface area (Å²) < 4.78 is 0. The van der Waals surface area contributed by atoms with Crippen LogP contribution in [0.5, 0.6) is 0 Å². The summed E-state index contributed by atoms with van der Waals surface area (Å²) in [4.78, 5) is 11.2. The van der Waals surface area contributed by atoms with Gasteiger partial charge in [-0.2, -0.15) is 0 Å². The average molecular weight is 318 g/mol. The van der Waals surface area contributed by atoms with Crippen molar-refractivity contribution < 1.29 is 0 Å². The molecule has 0 saturated carbocycles. The second kappa shape index (κ2) is 7.59. The van der Waals surface area contributed by atoms with E-state index < -0.39 is 0 Å². The number of nitrogens with one attached hydrogen (secondary N) is 1. The van der Waals surface area contributed by atoms with Crippen molar-refractivity contribution in [3.63, 3.8) is 0 Å². The molecule has 0 aliphatic heterocycles. The Balaban J connectivity index is 1.74. The Bertz CT molecular complexity index is 820. The number of para-hydroxylation sites is 1. The molecule has 0 saturated heterocycles. The van der Waals surface area contributed by atoms with Gasteiger partial charge in [0.25, 0.3) is 0 Å². The van der Waals surface area contributed by atoms with E-state index in [4.69, 9.17) is 4.99 Å². The van der Waals surface area contributed by atoms with Crippen molar-refractivity contribution in [3.8, 4) is 0 Å². The molecule has 0 aliphatic rings. The van der Waals surface area contributed by atoms with Gasteiger partial charge in [0.2, 0.25) is 0 Å². The highest BCUT2D eigenvalue weighted by Gasteiger charge is 2.05. The minimum atomic E-state index is 0.662. The first kappa shape index (κ1) is 16.0. The monoisotopic (exact) mass is 318 g/mol. The van der Waals surface area contributed by atoms with Crippen molar-refractivity contribution in [2.45, 2.75) is 13.1 Å². The lowest BCUT2D eigenvalue weighted by molar-refractivity contribution is 0.579. The zero-order chi connectivity index (χ0) is 16.8. The Labute approximate surface area is 142 Å². The van der Waals surface area contributed by atoms with Gasteiger partial charge in [-0.15, -0.1) is 0 Å². The van der Waals surface area contributed by atoms with Gasteiger partial charge in [-0.3, -0.25) is 4.98 Å². The molecule has 0 atom stereocenters. The highest BCUT2D eigenvalue weighted by atomic mass is 15.3. The Morgan fingerprint density at radius 2 is 1.79 bits per heavy atom. The normalized spacial score (nSPS) is 11.5. The molecule has 0 unspecified atom stereocenters. The fourth-order valence-electron chi connectivity index (χ4n) is 2.59. The number of pyridine rings is 1. The van der Waals surface area contributed by atoms with E-state index in [-0.39, 0.29) is 0 Å². The van der Waals surface area contributed by atoms with Crippen LogP contribution >= 0.6 is 0 Å². The second-order valence-corrected chi connectivity index (χ2v) is 5.87. The predicted molar refractivity (Wildman–Crippen MR) is 99.9 cm³/mol. The van der Waals surface area contributed by atoms with E-state index in [1.165, 1.54) is 11.1 Å². The number of guanidine groups is 1. The highest BCUT2D eigenvalue weighted by Crippen LogP contribution is 2.15. The van der Waals surface area contributed by atoms with E-state index in [1.807, 2.05) is 49.5 Å². The number of hydrogen-bond acceptors (Lipinski definition) is 2. The number of fused-ring (bicyclic) bond motifs is 1. The van der Waals surface area contributed by atoms with Gasteiger partial charge < -0.3 is 10.2 Å². The van der Waals surface area contributed by atoms with Crippen molar-refractivity contribution in [3.05, 3.63) is 78.0 Å². The van der Waals surface area contributed by atoms with E-state index in [1.54, 1.807) is 0 Å². The molecule has 0 radical (unpaired) electrons. The van der Waals surface area contributed by atoms with Crippen LogP contribution in [-0.2, 0) is 13.1 Å². The summed E-state index contributed by atoms with van der Waals surface area (Å²) in [6.45, 7) is 1.36. The summed E-state index contributed by atoms with van der Waals surface area (Å²) in [5.41, 5.74) is 3.40. The van der Waals surface area contributed by atoms with Crippen molar-refractivity contribution in [1.82, 2.24) is 15.2 Å². The quantitative estimate of drug-likeness (QED) is 0.592. The van der Waals surface area contributed by atoms with Crippen LogP contribution in [0.25, 0.3) is 10.9 Å². The molecule has 0 aliphatic carbocycles. The van der Waals surface area contributed by atoms with Crippen molar-refractivity contribution >= 4 is 16.9 Å².